The van der Waals surface area contributed by atoms with Crippen LogP contribution in [0.15, 0.2) is 48.5 Å². The first-order valence-corrected chi connectivity index (χ1v) is 6.64. The first-order valence-electron chi connectivity index (χ1n) is 6.26. The van der Waals surface area contributed by atoms with Crippen molar-refractivity contribution in [2.24, 2.45) is 0 Å². The van der Waals surface area contributed by atoms with Crippen molar-refractivity contribution in [3.05, 3.63) is 64.7 Å². The van der Waals surface area contributed by atoms with Gasteiger partial charge in [-0.2, -0.15) is 0 Å². The summed E-state index contributed by atoms with van der Waals surface area (Å²) in [4.78, 5) is 0. The Balaban J connectivity index is 2.33. The van der Waals surface area contributed by atoms with Gasteiger partial charge in [-0.25, -0.2) is 0 Å². The Kier molecular flexibility index (Phi) is 4.13. The van der Waals surface area contributed by atoms with Crippen molar-refractivity contribution >= 4 is 17.3 Å². The van der Waals surface area contributed by atoms with Gasteiger partial charge < -0.3 is 10.4 Å². The molecule has 0 aliphatic heterocycles. The molecule has 19 heavy (non-hydrogen) atoms. The highest BCUT2D eigenvalue weighted by Gasteiger charge is 2.27. The van der Waals surface area contributed by atoms with E-state index in [4.69, 9.17) is 11.6 Å². The number of aryl methyl sites for hydroxylation is 1. The van der Waals surface area contributed by atoms with Crippen LogP contribution in [0.2, 0.25) is 5.02 Å². The minimum absolute atomic E-state index is 0.0371. The SMILES string of the molecule is Cc1ccc(NC(C)(CO)c2ccccc2Cl)cc1. The standard InChI is InChI=1S/C16H18ClNO/c1-12-7-9-13(10-8-12)18-16(2,11-19)14-5-3-4-6-15(14)17/h3-10,18-19H,11H2,1-2H3. The van der Waals surface area contributed by atoms with Gasteiger partial charge in [-0.3, -0.25) is 0 Å². The fourth-order valence-electron chi connectivity index (χ4n) is 2.06. The molecule has 0 bridgehead atoms. The van der Waals surface area contributed by atoms with Gasteiger partial charge in [0.05, 0.1) is 12.1 Å². The topological polar surface area (TPSA) is 32.3 Å². The second kappa shape index (κ2) is 5.64. The van der Waals surface area contributed by atoms with Crippen LogP contribution in [-0.4, -0.2) is 11.7 Å². The zero-order chi connectivity index (χ0) is 13.9. The van der Waals surface area contributed by atoms with Crippen molar-refractivity contribution < 1.29 is 5.11 Å². The summed E-state index contributed by atoms with van der Waals surface area (Å²) in [6.07, 6.45) is 0. The summed E-state index contributed by atoms with van der Waals surface area (Å²) in [6, 6.07) is 15.6. The molecular weight excluding hydrogens is 258 g/mol. The number of aliphatic hydroxyl groups excluding tert-OH is 1. The molecule has 0 heterocycles. The fourth-order valence-corrected chi connectivity index (χ4v) is 2.40. The van der Waals surface area contributed by atoms with Gasteiger partial charge in [0.2, 0.25) is 0 Å². The number of anilines is 1. The highest BCUT2D eigenvalue weighted by Crippen LogP contribution is 2.31. The molecule has 0 saturated heterocycles. The number of halogens is 1. The van der Waals surface area contributed by atoms with Crippen LogP contribution in [0.1, 0.15) is 18.1 Å². The monoisotopic (exact) mass is 275 g/mol. The van der Waals surface area contributed by atoms with E-state index in [-0.39, 0.29) is 6.61 Å². The van der Waals surface area contributed by atoms with E-state index >= 15 is 0 Å². The lowest BCUT2D eigenvalue weighted by molar-refractivity contribution is 0.224. The van der Waals surface area contributed by atoms with Gasteiger partial charge in [0.15, 0.2) is 0 Å². The van der Waals surface area contributed by atoms with E-state index in [9.17, 15) is 5.11 Å². The molecule has 0 fully saturated rings. The Bertz CT molecular complexity index is 553. The number of benzene rings is 2. The van der Waals surface area contributed by atoms with Crippen molar-refractivity contribution in [1.29, 1.82) is 0 Å². The van der Waals surface area contributed by atoms with E-state index in [0.717, 1.165) is 11.3 Å². The molecule has 3 heteroatoms. The summed E-state index contributed by atoms with van der Waals surface area (Å²) in [5.41, 5.74) is 2.45. The molecule has 0 spiro atoms. The Hall–Kier alpha value is -1.51. The van der Waals surface area contributed by atoms with Crippen LogP contribution in [0.3, 0.4) is 0 Å². The summed E-state index contributed by atoms with van der Waals surface area (Å²) < 4.78 is 0. The highest BCUT2D eigenvalue weighted by molar-refractivity contribution is 6.31. The zero-order valence-electron chi connectivity index (χ0n) is 11.2. The smallest absolute Gasteiger partial charge is 0.0842 e. The van der Waals surface area contributed by atoms with Crippen LogP contribution in [0.25, 0.3) is 0 Å². The number of rotatable bonds is 4. The normalized spacial score (nSPS) is 13.9. The van der Waals surface area contributed by atoms with E-state index in [1.807, 2.05) is 62.4 Å². The second-order valence-corrected chi connectivity index (χ2v) is 5.37. The van der Waals surface area contributed by atoms with Gasteiger partial charge in [-0.1, -0.05) is 47.5 Å². The predicted octanol–water partition coefficient (Wildman–Crippen LogP) is 3.97. The Labute approximate surface area is 119 Å². The van der Waals surface area contributed by atoms with E-state index < -0.39 is 5.54 Å². The lowest BCUT2D eigenvalue weighted by Gasteiger charge is -2.31. The minimum Gasteiger partial charge on any atom is -0.394 e. The average molecular weight is 276 g/mol. The van der Waals surface area contributed by atoms with E-state index in [1.54, 1.807) is 0 Å². The van der Waals surface area contributed by atoms with E-state index in [2.05, 4.69) is 5.32 Å². The lowest BCUT2D eigenvalue weighted by atomic mass is 9.92. The molecule has 1 atom stereocenters. The molecular formula is C16H18ClNO. The molecule has 2 rings (SSSR count). The van der Waals surface area contributed by atoms with Gasteiger partial charge >= 0.3 is 0 Å². The van der Waals surface area contributed by atoms with Crippen molar-refractivity contribution in [2.45, 2.75) is 19.4 Å². The molecule has 0 radical (unpaired) electrons. The minimum atomic E-state index is -0.604. The molecule has 0 aliphatic rings. The molecule has 0 aliphatic carbocycles. The maximum absolute atomic E-state index is 9.76. The Morgan fingerprint density at radius 2 is 1.74 bits per heavy atom. The van der Waals surface area contributed by atoms with Gasteiger partial charge in [0.1, 0.15) is 0 Å². The molecule has 0 aromatic heterocycles. The molecule has 2 aromatic carbocycles. The Morgan fingerprint density at radius 1 is 1.11 bits per heavy atom. The molecule has 2 nitrogen and oxygen atoms in total. The van der Waals surface area contributed by atoms with E-state index in [1.165, 1.54) is 5.56 Å². The summed E-state index contributed by atoms with van der Waals surface area (Å²) in [5.74, 6) is 0. The van der Waals surface area contributed by atoms with Gasteiger partial charge in [0, 0.05) is 10.7 Å². The van der Waals surface area contributed by atoms with Crippen LogP contribution in [0.4, 0.5) is 5.69 Å². The van der Waals surface area contributed by atoms with Crippen LogP contribution in [0.5, 0.6) is 0 Å². The molecule has 1 unspecified atom stereocenters. The third-order valence-corrected chi connectivity index (χ3v) is 3.59. The van der Waals surface area contributed by atoms with Crippen molar-refractivity contribution in [1.82, 2.24) is 0 Å². The fraction of sp³-hybridized carbons (Fsp3) is 0.250. The van der Waals surface area contributed by atoms with Crippen LogP contribution >= 0.6 is 11.6 Å². The predicted molar refractivity (Wildman–Crippen MR) is 80.7 cm³/mol. The van der Waals surface area contributed by atoms with Crippen LogP contribution in [-0.2, 0) is 5.54 Å². The van der Waals surface area contributed by atoms with Crippen molar-refractivity contribution in [2.75, 3.05) is 11.9 Å². The van der Waals surface area contributed by atoms with Crippen molar-refractivity contribution in [3.8, 4) is 0 Å². The molecule has 2 N–H and O–H groups in total. The quantitative estimate of drug-likeness (QED) is 0.885. The summed E-state index contributed by atoms with van der Waals surface area (Å²) in [7, 11) is 0. The van der Waals surface area contributed by atoms with Crippen LogP contribution in [0, 0.1) is 6.92 Å². The highest BCUT2D eigenvalue weighted by atomic mass is 35.5. The summed E-state index contributed by atoms with van der Waals surface area (Å²) in [5, 5.41) is 13.8. The van der Waals surface area contributed by atoms with Gasteiger partial charge in [0.25, 0.3) is 0 Å². The third kappa shape index (κ3) is 3.09. The molecule has 100 valence electrons. The lowest BCUT2D eigenvalue weighted by Crippen LogP contribution is -2.36. The maximum atomic E-state index is 9.76. The second-order valence-electron chi connectivity index (χ2n) is 4.96. The van der Waals surface area contributed by atoms with Gasteiger partial charge in [-0.05, 0) is 37.6 Å². The first-order chi connectivity index (χ1) is 9.05. The largest absolute Gasteiger partial charge is 0.394 e. The number of hydrogen-bond acceptors (Lipinski definition) is 2. The van der Waals surface area contributed by atoms with Gasteiger partial charge in [-0.15, -0.1) is 0 Å². The maximum Gasteiger partial charge on any atom is 0.0842 e. The molecule has 2 aromatic rings. The third-order valence-electron chi connectivity index (χ3n) is 3.26. The number of aliphatic hydroxyl groups is 1. The summed E-state index contributed by atoms with van der Waals surface area (Å²) >= 11 is 6.23. The van der Waals surface area contributed by atoms with Crippen molar-refractivity contribution in [3.63, 3.8) is 0 Å². The Morgan fingerprint density at radius 3 is 2.32 bits per heavy atom. The average Bonchev–Trinajstić information content (AvgIpc) is 2.42. The molecule has 0 saturated carbocycles. The summed E-state index contributed by atoms with van der Waals surface area (Å²) in [6.45, 7) is 3.95. The number of hydrogen-bond donors (Lipinski definition) is 2. The number of nitrogens with one attached hydrogen (secondary N) is 1. The first kappa shape index (κ1) is 13.9. The van der Waals surface area contributed by atoms with Crippen LogP contribution < -0.4 is 5.32 Å². The molecule has 0 amide bonds. The zero-order valence-corrected chi connectivity index (χ0v) is 11.9. The van der Waals surface area contributed by atoms with E-state index in [0.29, 0.717) is 5.02 Å².